The standard InChI is InChI=1S/C22H22FN5O3/c1-30-21(29)17-4-2-3-5-19(17)26-20-18(23)14-24-22(27-20)25-15-6-8-16(9-7-15)28-10-12-31-13-11-28/h2-9,14H,10-13H2,1H3,(H2,24,25,26,27). The Hall–Kier alpha value is -3.72. The molecule has 2 N–H and O–H groups in total. The summed E-state index contributed by atoms with van der Waals surface area (Å²) in [6.45, 7) is 3.16. The number of hydrogen-bond acceptors (Lipinski definition) is 8. The molecule has 1 fully saturated rings. The number of nitrogens with zero attached hydrogens (tertiary/aromatic N) is 3. The summed E-state index contributed by atoms with van der Waals surface area (Å²) in [5, 5.41) is 5.92. The molecule has 8 nitrogen and oxygen atoms in total. The zero-order valence-electron chi connectivity index (χ0n) is 17.0. The number of methoxy groups -OCH3 is 1. The molecule has 0 spiro atoms. The lowest BCUT2D eigenvalue weighted by Gasteiger charge is -2.28. The molecule has 0 aliphatic carbocycles. The number of carbonyl (C=O) groups excluding carboxylic acids is 1. The van der Waals surface area contributed by atoms with Gasteiger partial charge in [0.25, 0.3) is 0 Å². The summed E-state index contributed by atoms with van der Waals surface area (Å²) < 4.78 is 24.5. The molecule has 4 rings (SSSR count). The van der Waals surface area contributed by atoms with Gasteiger partial charge in [-0.2, -0.15) is 4.98 Å². The molecule has 2 heterocycles. The van der Waals surface area contributed by atoms with Gasteiger partial charge in [-0.1, -0.05) is 12.1 Å². The van der Waals surface area contributed by atoms with Crippen molar-refractivity contribution >= 4 is 34.8 Å². The maximum absolute atomic E-state index is 14.3. The molecule has 3 aromatic rings. The minimum absolute atomic E-state index is 0.0567. The van der Waals surface area contributed by atoms with Crippen molar-refractivity contribution in [1.29, 1.82) is 0 Å². The third kappa shape index (κ3) is 4.89. The summed E-state index contributed by atoms with van der Waals surface area (Å²) in [5.41, 5.74) is 2.53. The van der Waals surface area contributed by atoms with E-state index in [2.05, 4.69) is 25.5 Å². The van der Waals surface area contributed by atoms with E-state index in [9.17, 15) is 9.18 Å². The number of esters is 1. The number of benzene rings is 2. The minimum Gasteiger partial charge on any atom is -0.465 e. The Morgan fingerprint density at radius 1 is 1.10 bits per heavy atom. The first-order valence-corrected chi connectivity index (χ1v) is 9.81. The Morgan fingerprint density at radius 2 is 1.84 bits per heavy atom. The Balaban J connectivity index is 1.50. The molecule has 0 radical (unpaired) electrons. The van der Waals surface area contributed by atoms with Crippen LogP contribution in [0.5, 0.6) is 0 Å². The largest absolute Gasteiger partial charge is 0.465 e. The number of ether oxygens (including phenoxy) is 2. The van der Waals surface area contributed by atoms with Crippen LogP contribution in [0.25, 0.3) is 0 Å². The highest BCUT2D eigenvalue weighted by molar-refractivity contribution is 5.96. The van der Waals surface area contributed by atoms with Crippen LogP contribution in [0.2, 0.25) is 0 Å². The van der Waals surface area contributed by atoms with Crippen molar-refractivity contribution < 1.29 is 18.7 Å². The normalized spacial score (nSPS) is 13.5. The predicted molar refractivity (Wildman–Crippen MR) is 116 cm³/mol. The summed E-state index contributed by atoms with van der Waals surface area (Å²) in [6, 6.07) is 14.5. The van der Waals surface area contributed by atoms with Gasteiger partial charge in [0.1, 0.15) is 0 Å². The van der Waals surface area contributed by atoms with Crippen LogP contribution in [0.1, 0.15) is 10.4 Å². The second kappa shape index (κ2) is 9.40. The van der Waals surface area contributed by atoms with Gasteiger partial charge in [-0.05, 0) is 36.4 Å². The number of rotatable bonds is 6. The van der Waals surface area contributed by atoms with Crippen molar-refractivity contribution in [3.63, 3.8) is 0 Å². The second-order valence-corrected chi connectivity index (χ2v) is 6.82. The third-order valence-corrected chi connectivity index (χ3v) is 4.83. The molecular weight excluding hydrogens is 401 g/mol. The van der Waals surface area contributed by atoms with Gasteiger partial charge in [0, 0.05) is 24.5 Å². The lowest BCUT2D eigenvalue weighted by Crippen LogP contribution is -2.36. The predicted octanol–water partition coefficient (Wildman–Crippen LogP) is 3.73. The van der Waals surface area contributed by atoms with E-state index in [1.54, 1.807) is 24.3 Å². The molecule has 31 heavy (non-hydrogen) atoms. The summed E-state index contributed by atoms with van der Waals surface area (Å²) in [7, 11) is 1.29. The monoisotopic (exact) mass is 423 g/mol. The summed E-state index contributed by atoms with van der Waals surface area (Å²) >= 11 is 0. The molecular formula is C22H22FN5O3. The number of hydrogen-bond donors (Lipinski definition) is 2. The minimum atomic E-state index is -0.645. The number of carbonyl (C=O) groups is 1. The van der Waals surface area contributed by atoms with Crippen LogP contribution in [-0.4, -0.2) is 49.4 Å². The highest BCUT2D eigenvalue weighted by Crippen LogP contribution is 2.25. The zero-order valence-corrected chi connectivity index (χ0v) is 17.0. The molecule has 1 aromatic heterocycles. The Labute approximate surface area is 179 Å². The fourth-order valence-electron chi connectivity index (χ4n) is 3.23. The average Bonchev–Trinajstić information content (AvgIpc) is 2.82. The van der Waals surface area contributed by atoms with Crippen LogP contribution in [0.3, 0.4) is 0 Å². The first-order chi connectivity index (χ1) is 15.1. The van der Waals surface area contributed by atoms with E-state index < -0.39 is 11.8 Å². The molecule has 0 saturated carbocycles. The summed E-state index contributed by atoms with van der Waals surface area (Å²) in [5.74, 6) is -1.01. The van der Waals surface area contributed by atoms with Crippen molar-refractivity contribution in [2.24, 2.45) is 0 Å². The highest BCUT2D eigenvalue weighted by atomic mass is 19.1. The fourth-order valence-corrected chi connectivity index (χ4v) is 3.23. The quantitative estimate of drug-likeness (QED) is 0.580. The first kappa shape index (κ1) is 20.5. The molecule has 1 saturated heterocycles. The van der Waals surface area contributed by atoms with E-state index in [1.807, 2.05) is 24.3 Å². The summed E-state index contributed by atoms with van der Waals surface area (Å²) in [4.78, 5) is 22.4. The van der Waals surface area contributed by atoms with Gasteiger partial charge in [-0.15, -0.1) is 0 Å². The van der Waals surface area contributed by atoms with Crippen LogP contribution >= 0.6 is 0 Å². The number of morpholine rings is 1. The van der Waals surface area contributed by atoms with E-state index in [0.29, 0.717) is 5.69 Å². The SMILES string of the molecule is COC(=O)c1ccccc1Nc1nc(Nc2ccc(N3CCOCC3)cc2)ncc1F. The van der Waals surface area contributed by atoms with E-state index >= 15 is 0 Å². The molecule has 0 amide bonds. The fraction of sp³-hybridized carbons (Fsp3) is 0.227. The summed E-state index contributed by atoms with van der Waals surface area (Å²) in [6.07, 6.45) is 1.07. The van der Waals surface area contributed by atoms with Gasteiger partial charge in [0.05, 0.1) is 37.8 Å². The first-order valence-electron chi connectivity index (χ1n) is 9.81. The van der Waals surface area contributed by atoms with Gasteiger partial charge in [-0.25, -0.2) is 14.2 Å². The highest BCUT2D eigenvalue weighted by Gasteiger charge is 2.15. The number of halogens is 1. The lowest BCUT2D eigenvalue weighted by molar-refractivity contribution is 0.0602. The van der Waals surface area contributed by atoms with E-state index in [-0.39, 0.29) is 17.3 Å². The smallest absolute Gasteiger partial charge is 0.339 e. The van der Waals surface area contributed by atoms with Crippen LogP contribution < -0.4 is 15.5 Å². The van der Waals surface area contributed by atoms with E-state index in [0.717, 1.165) is 43.9 Å². The van der Waals surface area contributed by atoms with Gasteiger partial charge in [0.2, 0.25) is 5.95 Å². The van der Waals surface area contributed by atoms with E-state index in [1.165, 1.54) is 7.11 Å². The van der Waals surface area contributed by atoms with Crippen LogP contribution in [0.4, 0.5) is 33.2 Å². The Kier molecular flexibility index (Phi) is 6.23. The number of anilines is 5. The maximum Gasteiger partial charge on any atom is 0.339 e. The van der Waals surface area contributed by atoms with Gasteiger partial charge < -0.3 is 25.0 Å². The van der Waals surface area contributed by atoms with Gasteiger partial charge in [0.15, 0.2) is 11.6 Å². The van der Waals surface area contributed by atoms with Crippen LogP contribution in [0, 0.1) is 5.82 Å². The van der Waals surface area contributed by atoms with Gasteiger partial charge in [-0.3, -0.25) is 0 Å². The molecule has 1 aliphatic heterocycles. The zero-order chi connectivity index (χ0) is 21.6. The second-order valence-electron chi connectivity index (χ2n) is 6.82. The molecule has 0 bridgehead atoms. The average molecular weight is 423 g/mol. The topological polar surface area (TPSA) is 88.6 Å². The molecule has 2 aromatic carbocycles. The maximum atomic E-state index is 14.3. The van der Waals surface area contributed by atoms with Crippen molar-refractivity contribution in [3.05, 3.63) is 66.1 Å². The molecule has 9 heteroatoms. The Bertz CT molecular complexity index is 1060. The molecule has 160 valence electrons. The number of para-hydroxylation sites is 1. The number of aromatic nitrogens is 2. The van der Waals surface area contributed by atoms with Gasteiger partial charge >= 0.3 is 5.97 Å². The third-order valence-electron chi connectivity index (χ3n) is 4.83. The van der Waals surface area contributed by atoms with Crippen molar-refractivity contribution in [2.75, 3.05) is 48.9 Å². The van der Waals surface area contributed by atoms with Crippen molar-refractivity contribution in [2.45, 2.75) is 0 Å². The molecule has 0 unspecified atom stereocenters. The van der Waals surface area contributed by atoms with E-state index in [4.69, 9.17) is 9.47 Å². The van der Waals surface area contributed by atoms with Crippen molar-refractivity contribution in [1.82, 2.24) is 9.97 Å². The lowest BCUT2D eigenvalue weighted by atomic mass is 10.2. The molecule has 1 aliphatic rings. The van der Waals surface area contributed by atoms with Crippen LogP contribution in [-0.2, 0) is 9.47 Å². The van der Waals surface area contributed by atoms with Crippen molar-refractivity contribution in [3.8, 4) is 0 Å². The van der Waals surface area contributed by atoms with Crippen LogP contribution in [0.15, 0.2) is 54.7 Å². The number of nitrogens with one attached hydrogen (secondary N) is 2. The molecule has 0 atom stereocenters. The Morgan fingerprint density at radius 3 is 2.58 bits per heavy atom.